The molecule has 2 amide bonds. The van der Waals surface area contributed by atoms with Crippen molar-refractivity contribution in [2.45, 2.75) is 0 Å². The second kappa shape index (κ2) is 8.79. The lowest BCUT2D eigenvalue weighted by atomic mass is 9.94. The highest BCUT2D eigenvalue weighted by Crippen LogP contribution is 2.28. The van der Waals surface area contributed by atoms with Crippen LogP contribution < -0.4 is 10.6 Å². The Morgan fingerprint density at radius 2 is 0.900 bits per heavy atom. The predicted molar refractivity (Wildman–Crippen MR) is 116 cm³/mol. The molecule has 2 heterocycles. The normalized spacial score (nSPS) is 10.3. The van der Waals surface area contributed by atoms with Crippen molar-refractivity contribution in [3.8, 4) is 11.1 Å². The third kappa shape index (κ3) is 4.23. The second-order valence-corrected chi connectivity index (χ2v) is 6.47. The third-order valence-electron chi connectivity index (χ3n) is 4.51. The van der Waals surface area contributed by atoms with Gasteiger partial charge in [0, 0.05) is 47.3 Å². The summed E-state index contributed by atoms with van der Waals surface area (Å²) in [6.45, 7) is 0. The van der Waals surface area contributed by atoms with Gasteiger partial charge in [-0.05, 0) is 47.5 Å². The Kier molecular flexibility index (Phi) is 5.57. The van der Waals surface area contributed by atoms with E-state index in [-0.39, 0.29) is 11.8 Å². The van der Waals surface area contributed by atoms with Crippen molar-refractivity contribution in [3.63, 3.8) is 0 Å². The molecule has 0 aliphatic rings. The summed E-state index contributed by atoms with van der Waals surface area (Å²) in [5, 5.41) is 5.74. The molecule has 0 atom stereocenters. The molecule has 0 fully saturated rings. The molecule has 4 rings (SSSR count). The molecule has 0 spiro atoms. The zero-order valence-corrected chi connectivity index (χ0v) is 15.9. The van der Waals surface area contributed by atoms with E-state index in [1.54, 1.807) is 73.3 Å². The minimum atomic E-state index is -0.263. The van der Waals surface area contributed by atoms with Crippen molar-refractivity contribution in [3.05, 3.63) is 109 Å². The first-order valence-electron chi connectivity index (χ1n) is 9.33. The van der Waals surface area contributed by atoms with Crippen LogP contribution in [0, 0.1) is 0 Å². The quantitative estimate of drug-likeness (QED) is 0.516. The minimum Gasteiger partial charge on any atom is -0.322 e. The summed E-state index contributed by atoms with van der Waals surface area (Å²) >= 11 is 0. The minimum absolute atomic E-state index is 0.263. The van der Waals surface area contributed by atoms with E-state index in [0.717, 1.165) is 0 Å². The van der Waals surface area contributed by atoms with Gasteiger partial charge in [0.1, 0.15) is 0 Å². The fraction of sp³-hybridized carbons (Fsp3) is 0. The Morgan fingerprint density at radius 3 is 1.30 bits per heavy atom. The molecule has 6 heteroatoms. The van der Waals surface area contributed by atoms with Crippen LogP contribution in [0.1, 0.15) is 20.7 Å². The number of nitrogens with zero attached hydrogens (tertiary/aromatic N) is 2. The number of benzene rings is 2. The van der Waals surface area contributed by atoms with E-state index in [4.69, 9.17) is 0 Å². The van der Waals surface area contributed by atoms with Crippen LogP contribution in [-0.4, -0.2) is 21.8 Å². The first-order chi connectivity index (χ1) is 14.7. The standard InChI is InChI=1S/C24H18N4O2/c29-23(27-17-9-13-25-14-10-17)21-7-3-1-5-19(21)20-6-2-4-8-22(20)24(30)28-18-11-15-26-16-12-18/h1-16H,(H,25,27,29)(H,26,28,30). The van der Waals surface area contributed by atoms with Crippen molar-refractivity contribution >= 4 is 23.2 Å². The highest BCUT2D eigenvalue weighted by Gasteiger charge is 2.18. The molecule has 6 nitrogen and oxygen atoms in total. The molecule has 0 aliphatic heterocycles. The molecule has 0 saturated carbocycles. The van der Waals surface area contributed by atoms with Gasteiger partial charge in [0.2, 0.25) is 0 Å². The first-order valence-corrected chi connectivity index (χ1v) is 9.33. The monoisotopic (exact) mass is 394 g/mol. The van der Waals surface area contributed by atoms with E-state index < -0.39 is 0 Å². The van der Waals surface area contributed by atoms with Crippen molar-refractivity contribution < 1.29 is 9.59 Å². The van der Waals surface area contributed by atoms with Gasteiger partial charge in [-0.3, -0.25) is 19.6 Å². The van der Waals surface area contributed by atoms with Crippen molar-refractivity contribution in [1.29, 1.82) is 0 Å². The number of rotatable bonds is 5. The Morgan fingerprint density at radius 1 is 0.533 bits per heavy atom. The van der Waals surface area contributed by atoms with Crippen LogP contribution in [-0.2, 0) is 0 Å². The maximum absolute atomic E-state index is 12.9. The van der Waals surface area contributed by atoms with Gasteiger partial charge in [0.25, 0.3) is 11.8 Å². The summed E-state index contributed by atoms with van der Waals surface area (Å²) in [7, 11) is 0. The van der Waals surface area contributed by atoms with Crippen LogP contribution in [0.5, 0.6) is 0 Å². The number of anilines is 2. The highest BCUT2D eigenvalue weighted by atomic mass is 16.2. The zero-order valence-electron chi connectivity index (χ0n) is 15.9. The topological polar surface area (TPSA) is 84.0 Å². The van der Waals surface area contributed by atoms with Crippen molar-refractivity contribution in [1.82, 2.24) is 9.97 Å². The summed E-state index contributed by atoms with van der Waals surface area (Å²) < 4.78 is 0. The molecule has 0 unspecified atom stereocenters. The number of hydrogen-bond donors (Lipinski definition) is 2. The molecule has 146 valence electrons. The van der Waals surface area contributed by atoms with E-state index >= 15 is 0 Å². The van der Waals surface area contributed by atoms with Gasteiger partial charge >= 0.3 is 0 Å². The first kappa shape index (κ1) is 19.0. The molecule has 2 aromatic heterocycles. The molecule has 0 aliphatic carbocycles. The number of hydrogen-bond acceptors (Lipinski definition) is 4. The number of amides is 2. The smallest absolute Gasteiger partial charge is 0.256 e. The average Bonchev–Trinajstić information content (AvgIpc) is 2.80. The van der Waals surface area contributed by atoms with E-state index in [2.05, 4.69) is 20.6 Å². The summed E-state index contributed by atoms with van der Waals surface area (Å²) in [6.07, 6.45) is 6.45. The van der Waals surface area contributed by atoms with Gasteiger partial charge in [-0.25, -0.2) is 0 Å². The van der Waals surface area contributed by atoms with Gasteiger partial charge in [0.15, 0.2) is 0 Å². The van der Waals surface area contributed by atoms with E-state index in [1.807, 2.05) is 24.3 Å². The van der Waals surface area contributed by atoms with Crippen molar-refractivity contribution in [2.24, 2.45) is 0 Å². The number of aromatic nitrogens is 2. The maximum Gasteiger partial charge on any atom is 0.256 e. The van der Waals surface area contributed by atoms with E-state index in [9.17, 15) is 9.59 Å². The lowest BCUT2D eigenvalue weighted by Gasteiger charge is -2.14. The van der Waals surface area contributed by atoms with Crippen LogP contribution in [0.3, 0.4) is 0 Å². The molecule has 2 N–H and O–H groups in total. The molecule has 4 aromatic rings. The van der Waals surface area contributed by atoms with Crippen molar-refractivity contribution in [2.75, 3.05) is 10.6 Å². The molecular weight excluding hydrogens is 376 g/mol. The zero-order chi connectivity index (χ0) is 20.8. The van der Waals surface area contributed by atoms with E-state index in [0.29, 0.717) is 33.6 Å². The van der Waals surface area contributed by atoms with Crippen LogP contribution >= 0.6 is 0 Å². The Labute approximate surface area is 173 Å². The van der Waals surface area contributed by atoms with E-state index in [1.165, 1.54) is 0 Å². The number of nitrogens with one attached hydrogen (secondary N) is 2. The van der Waals surface area contributed by atoms with Gasteiger partial charge in [-0.2, -0.15) is 0 Å². The molecular formula is C24H18N4O2. The summed E-state index contributed by atoms with van der Waals surface area (Å²) in [5.74, 6) is -0.526. The highest BCUT2D eigenvalue weighted by molar-refractivity contribution is 6.13. The Balaban J connectivity index is 1.68. The molecule has 30 heavy (non-hydrogen) atoms. The van der Waals surface area contributed by atoms with Gasteiger partial charge in [0.05, 0.1) is 0 Å². The van der Waals surface area contributed by atoms with Gasteiger partial charge in [-0.15, -0.1) is 0 Å². The fourth-order valence-electron chi connectivity index (χ4n) is 3.10. The SMILES string of the molecule is O=C(Nc1ccncc1)c1ccccc1-c1ccccc1C(=O)Nc1ccncc1. The molecule has 0 bridgehead atoms. The van der Waals surface area contributed by atoms with Crippen LogP contribution in [0.15, 0.2) is 97.6 Å². The summed E-state index contributed by atoms with van der Waals surface area (Å²) in [5.41, 5.74) is 3.58. The van der Waals surface area contributed by atoms with Gasteiger partial charge < -0.3 is 10.6 Å². The van der Waals surface area contributed by atoms with Gasteiger partial charge in [-0.1, -0.05) is 36.4 Å². The largest absolute Gasteiger partial charge is 0.322 e. The maximum atomic E-state index is 12.9. The Hall–Kier alpha value is -4.32. The lowest BCUT2D eigenvalue weighted by molar-refractivity contribution is 0.101. The van der Waals surface area contributed by atoms with Crippen LogP contribution in [0.4, 0.5) is 11.4 Å². The summed E-state index contributed by atoms with van der Waals surface area (Å²) in [6, 6.07) is 21.3. The fourth-order valence-corrected chi connectivity index (χ4v) is 3.10. The van der Waals surface area contributed by atoms with Crippen LogP contribution in [0.2, 0.25) is 0 Å². The lowest BCUT2D eigenvalue weighted by Crippen LogP contribution is -2.16. The average molecular weight is 394 g/mol. The third-order valence-corrected chi connectivity index (χ3v) is 4.51. The predicted octanol–water partition coefficient (Wildman–Crippen LogP) is 4.65. The number of carbonyl (C=O) groups excluding carboxylic acids is 2. The molecule has 2 aromatic carbocycles. The second-order valence-electron chi connectivity index (χ2n) is 6.47. The van der Waals surface area contributed by atoms with Crippen LogP contribution in [0.25, 0.3) is 11.1 Å². The number of carbonyl (C=O) groups is 2. The summed E-state index contributed by atoms with van der Waals surface area (Å²) in [4.78, 5) is 33.8. The number of pyridine rings is 2. The molecule has 0 saturated heterocycles. The Bertz CT molecular complexity index is 1080. The molecule has 0 radical (unpaired) electrons.